The van der Waals surface area contributed by atoms with E-state index in [1.54, 1.807) is 31.2 Å². The monoisotopic (exact) mass is 407 g/mol. The molecule has 29 heavy (non-hydrogen) atoms. The lowest BCUT2D eigenvalue weighted by molar-refractivity contribution is -0.122. The number of halogens is 1. The molecule has 2 heterocycles. The van der Waals surface area contributed by atoms with Crippen LogP contribution < -0.4 is 10.9 Å². The maximum absolute atomic E-state index is 13.3. The number of aromatic nitrogens is 2. The van der Waals surface area contributed by atoms with Crippen LogP contribution in [0.15, 0.2) is 70.8 Å². The minimum atomic E-state index is -0.423. The van der Waals surface area contributed by atoms with Gasteiger partial charge in [0.05, 0.1) is 17.1 Å². The van der Waals surface area contributed by atoms with Crippen LogP contribution in [-0.2, 0) is 11.3 Å². The molecule has 0 saturated carbocycles. The summed E-state index contributed by atoms with van der Waals surface area (Å²) in [5.74, 6) is -0.652. The molecule has 0 aliphatic carbocycles. The topological polar surface area (TPSA) is 64.0 Å². The SMILES string of the molecule is Cc1nc2ccccc2n(CC(=O)N[C@@H](c2ccc(F)cc2)c2cccs2)c1=O. The first-order valence-electron chi connectivity index (χ1n) is 9.07. The molecule has 5 nitrogen and oxygen atoms in total. The number of hydrogen-bond donors (Lipinski definition) is 1. The Kier molecular flexibility index (Phi) is 5.22. The molecule has 1 atom stereocenters. The number of thiophene rings is 1. The molecule has 2 aromatic heterocycles. The first-order valence-corrected chi connectivity index (χ1v) is 9.95. The summed E-state index contributed by atoms with van der Waals surface area (Å²) in [4.78, 5) is 30.8. The van der Waals surface area contributed by atoms with Crippen molar-refractivity contribution < 1.29 is 9.18 Å². The molecule has 1 amide bonds. The molecular weight excluding hydrogens is 389 g/mol. The molecule has 0 spiro atoms. The van der Waals surface area contributed by atoms with E-state index in [1.807, 2.05) is 29.6 Å². The lowest BCUT2D eigenvalue weighted by atomic mass is 10.1. The van der Waals surface area contributed by atoms with Crippen molar-refractivity contribution in [3.05, 3.63) is 98.3 Å². The summed E-state index contributed by atoms with van der Waals surface area (Å²) in [7, 11) is 0. The Morgan fingerprint density at radius 1 is 1.14 bits per heavy atom. The third kappa shape index (κ3) is 3.95. The van der Waals surface area contributed by atoms with Gasteiger partial charge in [0.1, 0.15) is 18.1 Å². The number of nitrogens with one attached hydrogen (secondary N) is 1. The first-order chi connectivity index (χ1) is 14.0. The van der Waals surface area contributed by atoms with E-state index in [-0.39, 0.29) is 23.8 Å². The first kappa shape index (κ1) is 19.0. The molecular formula is C22H18FN3O2S. The number of hydrogen-bond acceptors (Lipinski definition) is 4. The number of para-hydroxylation sites is 2. The van der Waals surface area contributed by atoms with E-state index in [9.17, 15) is 14.0 Å². The predicted octanol–water partition coefficient (Wildman–Crippen LogP) is 3.81. The Morgan fingerprint density at radius 2 is 1.90 bits per heavy atom. The van der Waals surface area contributed by atoms with Crippen LogP contribution in [0.1, 0.15) is 22.2 Å². The van der Waals surface area contributed by atoms with E-state index in [0.717, 1.165) is 10.4 Å². The lowest BCUT2D eigenvalue weighted by Gasteiger charge is -2.19. The number of amides is 1. The second kappa shape index (κ2) is 7.97. The van der Waals surface area contributed by atoms with Gasteiger partial charge >= 0.3 is 0 Å². The van der Waals surface area contributed by atoms with Crippen LogP contribution in [0.25, 0.3) is 11.0 Å². The van der Waals surface area contributed by atoms with E-state index in [4.69, 9.17) is 0 Å². The van der Waals surface area contributed by atoms with Crippen molar-refractivity contribution in [2.24, 2.45) is 0 Å². The highest BCUT2D eigenvalue weighted by Crippen LogP contribution is 2.26. The standard InChI is InChI=1S/C22H18FN3O2S/c1-14-22(28)26(18-6-3-2-5-17(18)24-14)13-20(27)25-21(19-7-4-12-29-19)15-8-10-16(23)11-9-15/h2-12,21H,13H2,1H3,(H,25,27)/t21-/m0/s1. The van der Waals surface area contributed by atoms with Crippen molar-refractivity contribution in [2.75, 3.05) is 0 Å². The molecule has 0 radical (unpaired) electrons. The van der Waals surface area contributed by atoms with Gasteiger partial charge in [-0.2, -0.15) is 0 Å². The van der Waals surface area contributed by atoms with Gasteiger partial charge in [-0.15, -0.1) is 11.3 Å². The summed E-state index contributed by atoms with van der Waals surface area (Å²) in [5.41, 5.74) is 2.07. The predicted molar refractivity (Wildman–Crippen MR) is 111 cm³/mol. The van der Waals surface area contributed by atoms with Crippen molar-refractivity contribution in [3.63, 3.8) is 0 Å². The fourth-order valence-electron chi connectivity index (χ4n) is 3.26. The number of carbonyl (C=O) groups is 1. The summed E-state index contributed by atoms with van der Waals surface area (Å²) in [6.07, 6.45) is 0. The van der Waals surface area contributed by atoms with Crippen LogP contribution in [0.5, 0.6) is 0 Å². The van der Waals surface area contributed by atoms with Gasteiger partial charge in [0.2, 0.25) is 5.91 Å². The fraction of sp³-hybridized carbons (Fsp3) is 0.136. The van der Waals surface area contributed by atoms with Crippen LogP contribution in [0.4, 0.5) is 4.39 Å². The van der Waals surface area contributed by atoms with E-state index in [0.29, 0.717) is 16.7 Å². The highest BCUT2D eigenvalue weighted by molar-refractivity contribution is 7.10. The molecule has 4 rings (SSSR count). The van der Waals surface area contributed by atoms with E-state index in [1.165, 1.54) is 28.0 Å². The lowest BCUT2D eigenvalue weighted by Crippen LogP contribution is -2.36. The minimum absolute atomic E-state index is 0.133. The summed E-state index contributed by atoms with van der Waals surface area (Å²) in [6.45, 7) is 1.50. The van der Waals surface area contributed by atoms with E-state index < -0.39 is 6.04 Å². The molecule has 0 fully saturated rings. The molecule has 7 heteroatoms. The van der Waals surface area contributed by atoms with Crippen molar-refractivity contribution >= 4 is 28.3 Å². The molecule has 0 aliphatic rings. The average molecular weight is 407 g/mol. The zero-order valence-electron chi connectivity index (χ0n) is 15.6. The Morgan fingerprint density at radius 3 is 2.62 bits per heavy atom. The zero-order valence-corrected chi connectivity index (χ0v) is 16.4. The number of fused-ring (bicyclic) bond motifs is 1. The summed E-state index contributed by atoms with van der Waals surface area (Å²) in [5, 5.41) is 4.90. The van der Waals surface area contributed by atoms with Gasteiger partial charge in [-0.3, -0.25) is 14.2 Å². The van der Waals surface area contributed by atoms with Crippen molar-refractivity contribution in [1.82, 2.24) is 14.9 Å². The van der Waals surface area contributed by atoms with Crippen molar-refractivity contribution in [1.29, 1.82) is 0 Å². The molecule has 4 aromatic rings. The Hall–Kier alpha value is -3.32. The number of aryl methyl sites for hydroxylation is 1. The van der Waals surface area contributed by atoms with Crippen LogP contribution in [0, 0.1) is 12.7 Å². The van der Waals surface area contributed by atoms with E-state index in [2.05, 4.69) is 10.3 Å². The third-order valence-electron chi connectivity index (χ3n) is 4.65. The number of nitrogens with zero attached hydrogens (tertiary/aromatic N) is 2. The van der Waals surface area contributed by atoms with Crippen molar-refractivity contribution in [2.45, 2.75) is 19.5 Å². The Bertz CT molecular complexity index is 1220. The van der Waals surface area contributed by atoms with E-state index >= 15 is 0 Å². The number of carbonyl (C=O) groups excluding carboxylic acids is 1. The van der Waals surface area contributed by atoms with Gasteiger partial charge in [0, 0.05) is 4.88 Å². The normalized spacial score (nSPS) is 12.1. The molecule has 0 saturated heterocycles. The minimum Gasteiger partial charge on any atom is -0.343 e. The maximum atomic E-state index is 13.3. The van der Waals surface area contributed by atoms with Crippen LogP contribution in [-0.4, -0.2) is 15.5 Å². The van der Waals surface area contributed by atoms with Crippen molar-refractivity contribution in [3.8, 4) is 0 Å². The van der Waals surface area contributed by atoms with Gasteiger partial charge in [0.25, 0.3) is 5.56 Å². The van der Waals surface area contributed by atoms with Gasteiger partial charge in [-0.25, -0.2) is 9.37 Å². The smallest absolute Gasteiger partial charge is 0.272 e. The average Bonchev–Trinajstić information content (AvgIpc) is 3.25. The van der Waals surface area contributed by atoms with Crippen LogP contribution in [0.2, 0.25) is 0 Å². The van der Waals surface area contributed by atoms with Gasteiger partial charge < -0.3 is 5.32 Å². The quantitative estimate of drug-likeness (QED) is 0.547. The van der Waals surface area contributed by atoms with Crippen LogP contribution >= 0.6 is 11.3 Å². The molecule has 146 valence electrons. The zero-order chi connectivity index (χ0) is 20.4. The van der Waals surface area contributed by atoms with Gasteiger partial charge in [-0.05, 0) is 48.2 Å². The highest BCUT2D eigenvalue weighted by Gasteiger charge is 2.19. The number of benzene rings is 2. The number of rotatable bonds is 5. The molecule has 2 aromatic carbocycles. The second-order valence-corrected chi connectivity index (χ2v) is 7.62. The molecule has 1 N–H and O–H groups in total. The largest absolute Gasteiger partial charge is 0.343 e. The second-order valence-electron chi connectivity index (χ2n) is 6.64. The highest BCUT2D eigenvalue weighted by atomic mass is 32.1. The van der Waals surface area contributed by atoms with Gasteiger partial charge in [-0.1, -0.05) is 30.3 Å². The third-order valence-corrected chi connectivity index (χ3v) is 5.59. The Balaban J connectivity index is 1.66. The van der Waals surface area contributed by atoms with Gasteiger partial charge in [0.15, 0.2) is 0 Å². The Labute approximate surface area is 170 Å². The summed E-state index contributed by atoms with van der Waals surface area (Å²) in [6, 6.07) is 16.6. The molecule has 0 unspecified atom stereocenters. The summed E-state index contributed by atoms with van der Waals surface area (Å²) >= 11 is 1.50. The summed E-state index contributed by atoms with van der Waals surface area (Å²) < 4.78 is 14.8. The fourth-order valence-corrected chi connectivity index (χ4v) is 4.06. The molecule has 0 bridgehead atoms. The maximum Gasteiger partial charge on any atom is 0.272 e. The van der Waals surface area contributed by atoms with Crippen LogP contribution in [0.3, 0.4) is 0 Å². The molecule has 0 aliphatic heterocycles.